The number of amides is 3. The molecule has 0 atom stereocenters. The highest BCUT2D eigenvalue weighted by atomic mass is 16.2. The molecule has 0 aliphatic rings. The maximum Gasteiger partial charge on any atom is 0.229 e. The van der Waals surface area contributed by atoms with Crippen LogP contribution < -0.4 is 16.0 Å². The second kappa shape index (κ2) is 7.03. The van der Waals surface area contributed by atoms with Crippen LogP contribution in [0.3, 0.4) is 0 Å². The van der Waals surface area contributed by atoms with E-state index < -0.39 is 10.8 Å². The minimum atomic E-state index is -0.557. The Morgan fingerprint density at radius 1 is 0.667 bits per heavy atom. The lowest BCUT2D eigenvalue weighted by Gasteiger charge is -2.20. The van der Waals surface area contributed by atoms with Crippen molar-refractivity contribution in [1.29, 1.82) is 0 Å². The van der Waals surface area contributed by atoms with Gasteiger partial charge < -0.3 is 16.0 Å². The first-order chi connectivity index (χ1) is 10.8. The second-order valence-corrected chi connectivity index (χ2v) is 7.89. The zero-order valence-electron chi connectivity index (χ0n) is 15.5. The van der Waals surface area contributed by atoms with Crippen LogP contribution in [0.1, 0.15) is 48.5 Å². The summed E-state index contributed by atoms with van der Waals surface area (Å²) in [7, 11) is 0. The molecule has 3 N–H and O–H groups in total. The number of hydrogen-bond acceptors (Lipinski definition) is 3. The Morgan fingerprint density at radius 2 is 0.958 bits per heavy atom. The summed E-state index contributed by atoms with van der Waals surface area (Å²) < 4.78 is 0. The number of rotatable bonds is 3. The maximum atomic E-state index is 12.2. The second-order valence-electron chi connectivity index (χ2n) is 7.89. The van der Waals surface area contributed by atoms with Crippen LogP contribution in [0.2, 0.25) is 0 Å². The fraction of sp³-hybridized carbons (Fsp3) is 0.500. The van der Waals surface area contributed by atoms with E-state index in [1.165, 1.54) is 6.92 Å². The van der Waals surface area contributed by atoms with Crippen LogP contribution in [0.4, 0.5) is 17.1 Å². The summed E-state index contributed by atoms with van der Waals surface area (Å²) in [4.78, 5) is 35.7. The first kappa shape index (κ1) is 19.7. The van der Waals surface area contributed by atoms with Crippen LogP contribution in [-0.2, 0) is 14.4 Å². The van der Waals surface area contributed by atoms with Gasteiger partial charge in [-0.15, -0.1) is 0 Å². The summed E-state index contributed by atoms with van der Waals surface area (Å²) in [5.74, 6) is -0.548. The molecule has 24 heavy (non-hydrogen) atoms. The number of nitrogens with one attached hydrogen (secondary N) is 3. The number of hydrogen-bond donors (Lipinski definition) is 3. The van der Waals surface area contributed by atoms with E-state index in [1.54, 1.807) is 18.2 Å². The molecule has 0 fully saturated rings. The molecule has 1 aromatic carbocycles. The van der Waals surface area contributed by atoms with Crippen molar-refractivity contribution in [2.24, 2.45) is 10.8 Å². The Morgan fingerprint density at radius 3 is 1.21 bits per heavy atom. The van der Waals surface area contributed by atoms with E-state index in [9.17, 15) is 14.4 Å². The largest absolute Gasteiger partial charge is 0.326 e. The van der Waals surface area contributed by atoms with Crippen molar-refractivity contribution in [3.05, 3.63) is 18.2 Å². The lowest BCUT2D eigenvalue weighted by Crippen LogP contribution is -2.29. The topological polar surface area (TPSA) is 87.3 Å². The van der Waals surface area contributed by atoms with Crippen LogP contribution >= 0.6 is 0 Å². The van der Waals surface area contributed by atoms with E-state index in [0.29, 0.717) is 17.1 Å². The van der Waals surface area contributed by atoms with Gasteiger partial charge in [-0.1, -0.05) is 41.5 Å². The molecule has 0 spiro atoms. The average Bonchev–Trinajstić information content (AvgIpc) is 2.34. The van der Waals surface area contributed by atoms with Crippen molar-refractivity contribution in [3.63, 3.8) is 0 Å². The molecule has 0 aromatic heterocycles. The zero-order valence-corrected chi connectivity index (χ0v) is 15.5. The third-order valence-electron chi connectivity index (χ3n) is 3.13. The molecular weight excluding hydrogens is 306 g/mol. The van der Waals surface area contributed by atoms with E-state index in [2.05, 4.69) is 16.0 Å². The molecule has 0 aliphatic carbocycles. The van der Waals surface area contributed by atoms with E-state index in [4.69, 9.17) is 0 Å². The van der Waals surface area contributed by atoms with Crippen molar-refractivity contribution in [1.82, 2.24) is 0 Å². The van der Waals surface area contributed by atoms with Gasteiger partial charge in [0.05, 0.1) is 0 Å². The van der Waals surface area contributed by atoms with Gasteiger partial charge in [-0.3, -0.25) is 14.4 Å². The Kier molecular flexibility index (Phi) is 5.76. The molecule has 6 nitrogen and oxygen atoms in total. The average molecular weight is 333 g/mol. The van der Waals surface area contributed by atoms with Crippen LogP contribution in [0.15, 0.2) is 18.2 Å². The molecule has 3 amide bonds. The molecule has 0 radical (unpaired) electrons. The number of anilines is 3. The van der Waals surface area contributed by atoms with Gasteiger partial charge in [0.1, 0.15) is 0 Å². The third-order valence-corrected chi connectivity index (χ3v) is 3.13. The lowest BCUT2D eigenvalue weighted by molar-refractivity contribution is -0.123. The van der Waals surface area contributed by atoms with Gasteiger partial charge in [0, 0.05) is 34.8 Å². The predicted molar refractivity (Wildman–Crippen MR) is 96.9 cm³/mol. The van der Waals surface area contributed by atoms with E-state index >= 15 is 0 Å². The van der Waals surface area contributed by atoms with Crippen molar-refractivity contribution in [2.45, 2.75) is 48.5 Å². The summed E-state index contributed by atoms with van der Waals surface area (Å²) in [6.07, 6.45) is 0. The number of carbonyl (C=O) groups excluding carboxylic acids is 3. The molecule has 132 valence electrons. The highest BCUT2D eigenvalue weighted by molar-refractivity contribution is 5.99. The van der Waals surface area contributed by atoms with Crippen LogP contribution in [0, 0.1) is 10.8 Å². The summed E-state index contributed by atoms with van der Waals surface area (Å²) in [5, 5.41) is 8.28. The molecule has 0 heterocycles. The molecule has 0 saturated carbocycles. The minimum absolute atomic E-state index is 0.157. The molecule has 0 unspecified atom stereocenters. The van der Waals surface area contributed by atoms with Crippen LogP contribution in [0.5, 0.6) is 0 Å². The molecule has 1 aromatic rings. The Hall–Kier alpha value is -2.37. The fourth-order valence-electron chi connectivity index (χ4n) is 1.68. The standard InChI is InChI=1S/C18H27N3O3/c1-11(22)19-12-8-13(20-15(23)17(2,3)4)10-14(9-12)21-16(24)18(5,6)7/h8-10H,1-7H3,(H,19,22)(H,20,23)(H,21,24). The first-order valence-corrected chi connectivity index (χ1v) is 7.84. The molecule has 0 bridgehead atoms. The SMILES string of the molecule is CC(=O)Nc1cc(NC(=O)C(C)(C)C)cc(NC(=O)C(C)(C)C)c1. The normalized spacial score (nSPS) is 11.6. The van der Waals surface area contributed by atoms with Crippen molar-refractivity contribution in [3.8, 4) is 0 Å². The van der Waals surface area contributed by atoms with E-state index in [-0.39, 0.29) is 17.7 Å². The molecular formula is C18H27N3O3. The smallest absolute Gasteiger partial charge is 0.229 e. The highest BCUT2D eigenvalue weighted by Crippen LogP contribution is 2.26. The van der Waals surface area contributed by atoms with Crippen LogP contribution in [0.25, 0.3) is 0 Å². The van der Waals surface area contributed by atoms with E-state index in [1.807, 2.05) is 41.5 Å². The van der Waals surface area contributed by atoms with Gasteiger partial charge in [0.15, 0.2) is 0 Å². The van der Waals surface area contributed by atoms with Gasteiger partial charge in [-0.2, -0.15) is 0 Å². The third kappa shape index (κ3) is 6.02. The van der Waals surface area contributed by atoms with Gasteiger partial charge in [0.25, 0.3) is 0 Å². The van der Waals surface area contributed by atoms with E-state index in [0.717, 1.165) is 0 Å². The maximum absolute atomic E-state index is 12.2. The molecule has 6 heteroatoms. The predicted octanol–water partition coefficient (Wildman–Crippen LogP) is 3.61. The summed E-state index contributed by atoms with van der Waals surface area (Å²) in [5.41, 5.74) is 0.395. The molecule has 0 saturated heterocycles. The monoisotopic (exact) mass is 333 g/mol. The highest BCUT2D eigenvalue weighted by Gasteiger charge is 2.23. The minimum Gasteiger partial charge on any atom is -0.326 e. The summed E-state index contributed by atoms with van der Waals surface area (Å²) in [6.45, 7) is 12.2. The Bertz CT molecular complexity index is 606. The van der Waals surface area contributed by atoms with Crippen LogP contribution in [-0.4, -0.2) is 17.7 Å². The summed E-state index contributed by atoms with van der Waals surface area (Å²) >= 11 is 0. The zero-order chi connectivity index (χ0) is 18.7. The quantitative estimate of drug-likeness (QED) is 0.789. The van der Waals surface area contributed by atoms with Crippen molar-refractivity contribution in [2.75, 3.05) is 16.0 Å². The van der Waals surface area contributed by atoms with Gasteiger partial charge in [-0.05, 0) is 18.2 Å². The van der Waals surface area contributed by atoms with Crippen molar-refractivity contribution >= 4 is 34.8 Å². The molecule has 0 aliphatic heterocycles. The number of carbonyl (C=O) groups is 3. The fourth-order valence-corrected chi connectivity index (χ4v) is 1.68. The van der Waals surface area contributed by atoms with Gasteiger partial charge >= 0.3 is 0 Å². The lowest BCUT2D eigenvalue weighted by atomic mass is 9.95. The number of benzene rings is 1. The van der Waals surface area contributed by atoms with Crippen molar-refractivity contribution < 1.29 is 14.4 Å². The molecule has 1 rings (SSSR count). The summed E-state index contributed by atoms with van der Waals surface area (Å²) in [6, 6.07) is 4.97. The Balaban J connectivity index is 3.15. The Labute approximate surface area is 143 Å². The van der Waals surface area contributed by atoms with Gasteiger partial charge in [0.2, 0.25) is 17.7 Å². The van der Waals surface area contributed by atoms with Gasteiger partial charge in [-0.25, -0.2) is 0 Å². The first-order valence-electron chi connectivity index (χ1n) is 7.84.